The lowest BCUT2D eigenvalue weighted by molar-refractivity contribution is 0.00866. The van der Waals surface area contributed by atoms with Crippen LogP contribution in [0.15, 0.2) is 48.5 Å². The lowest BCUT2D eigenvalue weighted by atomic mass is 10.1. The van der Waals surface area contributed by atoms with Gasteiger partial charge >= 0.3 is 12.2 Å². The number of rotatable bonds is 4. The predicted molar refractivity (Wildman–Crippen MR) is 115 cm³/mol. The van der Waals surface area contributed by atoms with E-state index in [1.165, 1.54) is 0 Å². The van der Waals surface area contributed by atoms with E-state index in [9.17, 15) is 9.59 Å². The molecule has 2 aliphatic rings. The van der Waals surface area contributed by atoms with E-state index in [-0.39, 0.29) is 24.9 Å². The molecule has 2 amide bonds. The topological polar surface area (TPSA) is 68.3 Å². The third kappa shape index (κ3) is 5.29. The summed E-state index contributed by atoms with van der Waals surface area (Å²) in [4.78, 5) is 27.8. The summed E-state index contributed by atoms with van der Waals surface area (Å²) in [7, 11) is 0. The highest BCUT2D eigenvalue weighted by molar-refractivity contribution is 5.69. The highest BCUT2D eigenvalue weighted by Crippen LogP contribution is 2.29. The van der Waals surface area contributed by atoms with E-state index >= 15 is 0 Å². The van der Waals surface area contributed by atoms with Crippen LogP contribution in [0.25, 0.3) is 0 Å². The van der Waals surface area contributed by atoms with Crippen molar-refractivity contribution in [1.82, 2.24) is 9.80 Å². The number of carbonyl (C=O) groups excluding carboxylic acids is 2. The third-order valence-corrected chi connectivity index (χ3v) is 5.17. The van der Waals surface area contributed by atoms with Gasteiger partial charge in [0, 0.05) is 13.1 Å². The monoisotopic (exact) mass is 424 g/mol. The van der Waals surface area contributed by atoms with Crippen LogP contribution < -0.4 is 4.74 Å². The molecule has 0 aromatic heterocycles. The van der Waals surface area contributed by atoms with Crippen LogP contribution in [-0.4, -0.2) is 46.8 Å². The number of carbonyl (C=O) groups is 2. The molecule has 1 fully saturated rings. The number of nitrogens with zero attached hydrogens (tertiary/aromatic N) is 2. The van der Waals surface area contributed by atoms with Crippen molar-refractivity contribution >= 4 is 12.2 Å². The van der Waals surface area contributed by atoms with E-state index in [4.69, 9.17) is 14.2 Å². The van der Waals surface area contributed by atoms with E-state index in [1.54, 1.807) is 9.80 Å². The highest BCUT2D eigenvalue weighted by atomic mass is 16.6. The van der Waals surface area contributed by atoms with Crippen LogP contribution >= 0.6 is 0 Å². The Morgan fingerprint density at radius 3 is 2.35 bits per heavy atom. The molecule has 164 valence electrons. The summed E-state index contributed by atoms with van der Waals surface area (Å²) in [5, 5.41) is 0. The van der Waals surface area contributed by atoms with Crippen LogP contribution in [0.3, 0.4) is 0 Å². The minimum Gasteiger partial charge on any atom is -0.487 e. The fraction of sp³-hybridized carbons (Fsp3) is 0.417. The zero-order valence-electron chi connectivity index (χ0n) is 18.2. The standard InChI is InChI=1S/C24H28N2O5/c1-24(2,3)31-23(28)25-12-18-9-10-20(11-19(18)13-25)30-21-14-26(15-21)22(27)29-16-17-7-5-4-6-8-17/h4-11,21H,12-16H2,1-3H3. The van der Waals surface area contributed by atoms with E-state index in [0.29, 0.717) is 26.2 Å². The Bertz CT molecular complexity index is 948. The molecule has 0 aliphatic carbocycles. The summed E-state index contributed by atoms with van der Waals surface area (Å²) in [6.07, 6.45) is -0.703. The first kappa shape index (κ1) is 21.0. The van der Waals surface area contributed by atoms with Crippen molar-refractivity contribution in [2.24, 2.45) is 0 Å². The molecule has 0 saturated carbocycles. The molecular formula is C24H28N2O5. The second kappa shape index (κ2) is 8.49. The Balaban J connectivity index is 1.24. The minimum absolute atomic E-state index is 0.0642. The Hall–Kier alpha value is -3.22. The average Bonchev–Trinajstić information content (AvgIpc) is 3.12. The molecule has 0 atom stereocenters. The minimum atomic E-state index is -0.515. The molecule has 2 aromatic rings. The first-order valence-electron chi connectivity index (χ1n) is 10.5. The predicted octanol–water partition coefficient (Wildman–Crippen LogP) is 4.34. The van der Waals surface area contributed by atoms with Crippen LogP contribution in [0, 0.1) is 0 Å². The summed E-state index contributed by atoms with van der Waals surface area (Å²) < 4.78 is 16.8. The molecule has 2 aromatic carbocycles. The first-order chi connectivity index (χ1) is 14.8. The second-order valence-electron chi connectivity index (χ2n) is 8.95. The Morgan fingerprint density at radius 2 is 1.65 bits per heavy atom. The molecule has 2 heterocycles. The molecule has 0 N–H and O–H groups in total. The molecular weight excluding hydrogens is 396 g/mol. The third-order valence-electron chi connectivity index (χ3n) is 5.17. The van der Waals surface area contributed by atoms with E-state index in [1.807, 2.05) is 69.3 Å². The largest absolute Gasteiger partial charge is 0.487 e. The fourth-order valence-corrected chi connectivity index (χ4v) is 3.56. The summed E-state index contributed by atoms with van der Waals surface area (Å²) in [6.45, 7) is 7.88. The van der Waals surface area contributed by atoms with E-state index in [2.05, 4.69) is 0 Å². The number of ether oxygens (including phenoxy) is 3. The lowest BCUT2D eigenvalue weighted by Crippen LogP contribution is -2.56. The van der Waals surface area contributed by atoms with Crippen LogP contribution in [0.2, 0.25) is 0 Å². The van der Waals surface area contributed by atoms with Gasteiger partial charge in [-0.3, -0.25) is 4.90 Å². The molecule has 1 saturated heterocycles. The summed E-state index contributed by atoms with van der Waals surface area (Å²) in [5.41, 5.74) is 2.60. The number of fused-ring (bicyclic) bond motifs is 1. The van der Waals surface area contributed by atoms with Gasteiger partial charge in [-0.05, 0) is 49.6 Å². The molecule has 0 unspecified atom stereocenters. The zero-order chi connectivity index (χ0) is 22.0. The molecule has 31 heavy (non-hydrogen) atoms. The maximum absolute atomic E-state index is 12.3. The summed E-state index contributed by atoms with van der Waals surface area (Å²) in [5.74, 6) is 0.743. The van der Waals surface area contributed by atoms with Gasteiger partial charge in [0.1, 0.15) is 24.1 Å². The Kier molecular flexibility index (Phi) is 5.76. The maximum Gasteiger partial charge on any atom is 0.410 e. The summed E-state index contributed by atoms with van der Waals surface area (Å²) >= 11 is 0. The number of likely N-dealkylation sites (tertiary alicyclic amines) is 1. The van der Waals surface area contributed by atoms with Gasteiger partial charge in [-0.25, -0.2) is 9.59 Å². The van der Waals surface area contributed by atoms with Gasteiger partial charge < -0.3 is 19.1 Å². The molecule has 0 radical (unpaired) electrons. The van der Waals surface area contributed by atoms with Crippen molar-refractivity contribution in [3.63, 3.8) is 0 Å². The SMILES string of the molecule is CC(C)(C)OC(=O)N1Cc2ccc(OC3CN(C(=O)OCc4ccccc4)C3)cc2C1. The van der Waals surface area contributed by atoms with Crippen LogP contribution in [0.4, 0.5) is 9.59 Å². The molecule has 0 spiro atoms. The van der Waals surface area contributed by atoms with Crippen molar-refractivity contribution in [3.8, 4) is 5.75 Å². The molecule has 7 heteroatoms. The van der Waals surface area contributed by atoms with Gasteiger partial charge in [-0.1, -0.05) is 36.4 Å². The van der Waals surface area contributed by atoms with Crippen LogP contribution in [0.5, 0.6) is 5.75 Å². The number of hydrogen-bond acceptors (Lipinski definition) is 5. The fourth-order valence-electron chi connectivity index (χ4n) is 3.56. The highest BCUT2D eigenvalue weighted by Gasteiger charge is 2.34. The van der Waals surface area contributed by atoms with Gasteiger partial charge in [-0.2, -0.15) is 0 Å². The molecule has 2 aliphatic heterocycles. The smallest absolute Gasteiger partial charge is 0.410 e. The first-order valence-corrected chi connectivity index (χ1v) is 10.5. The van der Waals surface area contributed by atoms with Gasteiger partial charge in [0.15, 0.2) is 0 Å². The normalized spacial score (nSPS) is 15.8. The second-order valence-corrected chi connectivity index (χ2v) is 8.95. The lowest BCUT2D eigenvalue weighted by Gasteiger charge is -2.38. The molecule has 4 rings (SSSR count). The molecule has 0 bridgehead atoms. The van der Waals surface area contributed by atoms with Crippen molar-refractivity contribution in [3.05, 3.63) is 65.2 Å². The van der Waals surface area contributed by atoms with Gasteiger partial charge in [0.2, 0.25) is 0 Å². The van der Waals surface area contributed by atoms with Gasteiger partial charge in [-0.15, -0.1) is 0 Å². The Labute approximate surface area is 182 Å². The van der Waals surface area contributed by atoms with Gasteiger partial charge in [0.25, 0.3) is 0 Å². The van der Waals surface area contributed by atoms with Crippen LogP contribution in [0.1, 0.15) is 37.5 Å². The van der Waals surface area contributed by atoms with Gasteiger partial charge in [0.05, 0.1) is 13.1 Å². The molecule has 7 nitrogen and oxygen atoms in total. The number of amides is 2. The zero-order valence-corrected chi connectivity index (χ0v) is 18.2. The average molecular weight is 424 g/mol. The van der Waals surface area contributed by atoms with Crippen molar-refractivity contribution in [1.29, 1.82) is 0 Å². The van der Waals surface area contributed by atoms with Crippen molar-refractivity contribution in [2.45, 2.75) is 52.2 Å². The summed E-state index contributed by atoms with van der Waals surface area (Å²) in [6, 6.07) is 15.5. The van der Waals surface area contributed by atoms with Crippen LogP contribution in [-0.2, 0) is 29.2 Å². The maximum atomic E-state index is 12.3. The van der Waals surface area contributed by atoms with Crippen molar-refractivity contribution < 1.29 is 23.8 Å². The van der Waals surface area contributed by atoms with E-state index in [0.717, 1.165) is 22.4 Å². The number of hydrogen-bond donors (Lipinski definition) is 0. The quantitative estimate of drug-likeness (QED) is 0.731. The Morgan fingerprint density at radius 1 is 0.935 bits per heavy atom. The van der Waals surface area contributed by atoms with E-state index < -0.39 is 5.60 Å². The number of benzene rings is 2. The van der Waals surface area contributed by atoms with Crippen molar-refractivity contribution in [2.75, 3.05) is 13.1 Å².